The van der Waals surface area contributed by atoms with Gasteiger partial charge in [-0.1, -0.05) is 29.8 Å². The molecule has 2 heteroatoms. The highest BCUT2D eigenvalue weighted by Gasteiger charge is 2.20. The Hall–Kier alpha value is -1.15. The van der Waals surface area contributed by atoms with Crippen LogP contribution < -0.4 is 5.32 Å². The number of rotatable bonds is 3. The molecule has 0 fully saturated rings. The second-order valence-electron chi connectivity index (χ2n) is 4.37. The van der Waals surface area contributed by atoms with E-state index in [0.29, 0.717) is 0 Å². The standard InChI is InChI=1S/C14H18FN/c1-10-6-5-9-12(13(10)15)14(16-2)11-7-3-4-8-11/h5-7,9,14,16H,3-4,8H2,1-2H3. The maximum absolute atomic E-state index is 14.0. The molecule has 1 aliphatic carbocycles. The molecule has 1 N–H and O–H groups in total. The third-order valence-corrected chi connectivity index (χ3v) is 3.27. The third kappa shape index (κ3) is 2.03. The first-order valence-electron chi connectivity index (χ1n) is 5.85. The molecule has 86 valence electrons. The van der Waals surface area contributed by atoms with Gasteiger partial charge in [-0.25, -0.2) is 4.39 Å². The fraction of sp³-hybridized carbons (Fsp3) is 0.429. The summed E-state index contributed by atoms with van der Waals surface area (Å²) in [6.07, 6.45) is 5.64. The quantitative estimate of drug-likeness (QED) is 0.767. The summed E-state index contributed by atoms with van der Waals surface area (Å²) >= 11 is 0. The molecule has 1 atom stereocenters. The predicted molar refractivity (Wildman–Crippen MR) is 64.9 cm³/mol. The fourth-order valence-electron chi connectivity index (χ4n) is 2.39. The number of nitrogens with one attached hydrogen (secondary N) is 1. The highest BCUT2D eigenvalue weighted by Crippen LogP contribution is 2.32. The van der Waals surface area contributed by atoms with E-state index in [1.54, 1.807) is 0 Å². The van der Waals surface area contributed by atoms with E-state index in [0.717, 1.165) is 24.0 Å². The Bertz CT molecular complexity index is 409. The lowest BCUT2D eigenvalue weighted by molar-refractivity contribution is 0.560. The molecule has 0 saturated carbocycles. The minimum atomic E-state index is -0.0744. The number of allylic oxidation sites excluding steroid dienone is 1. The zero-order valence-electron chi connectivity index (χ0n) is 9.89. The Kier molecular flexibility index (Phi) is 3.39. The molecule has 1 nitrogen and oxygen atoms in total. The number of halogens is 1. The minimum Gasteiger partial charge on any atom is -0.310 e. The van der Waals surface area contributed by atoms with Gasteiger partial charge in [-0.15, -0.1) is 0 Å². The van der Waals surface area contributed by atoms with Crippen molar-refractivity contribution in [1.82, 2.24) is 5.32 Å². The molecule has 16 heavy (non-hydrogen) atoms. The Morgan fingerprint density at radius 2 is 2.19 bits per heavy atom. The lowest BCUT2D eigenvalue weighted by Gasteiger charge is -2.19. The van der Waals surface area contributed by atoms with Crippen molar-refractivity contribution >= 4 is 0 Å². The molecule has 1 aromatic rings. The van der Waals surface area contributed by atoms with Gasteiger partial charge < -0.3 is 5.32 Å². The summed E-state index contributed by atoms with van der Waals surface area (Å²) in [5.41, 5.74) is 2.82. The number of likely N-dealkylation sites (N-methyl/N-ethyl adjacent to an activating group) is 1. The van der Waals surface area contributed by atoms with Crippen molar-refractivity contribution in [2.24, 2.45) is 0 Å². The smallest absolute Gasteiger partial charge is 0.131 e. The number of aryl methyl sites for hydroxylation is 1. The van der Waals surface area contributed by atoms with E-state index in [1.165, 1.54) is 12.0 Å². The van der Waals surface area contributed by atoms with Crippen LogP contribution >= 0.6 is 0 Å². The normalized spacial score (nSPS) is 17.3. The van der Waals surface area contributed by atoms with Gasteiger partial charge in [0.25, 0.3) is 0 Å². The molecule has 0 amide bonds. The third-order valence-electron chi connectivity index (χ3n) is 3.27. The zero-order chi connectivity index (χ0) is 11.5. The summed E-state index contributed by atoms with van der Waals surface area (Å²) in [4.78, 5) is 0. The Balaban J connectivity index is 2.36. The van der Waals surface area contributed by atoms with Gasteiger partial charge in [0.1, 0.15) is 5.82 Å². The van der Waals surface area contributed by atoms with Gasteiger partial charge in [-0.3, -0.25) is 0 Å². The van der Waals surface area contributed by atoms with Crippen LogP contribution in [-0.4, -0.2) is 7.05 Å². The molecule has 0 aromatic heterocycles. The van der Waals surface area contributed by atoms with Crippen LogP contribution in [0.25, 0.3) is 0 Å². The van der Waals surface area contributed by atoms with E-state index in [-0.39, 0.29) is 11.9 Å². The van der Waals surface area contributed by atoms with Gasteiger partial charge in [-0.2, -0.15) is 0 Å². The van der Waals surface area contributed by atoms with Crippen molar-refractivity contribution in [3.05, 3.63) is 46.8 Å². The summed E-state index contributed by atoms with van der Waals surface area (Å²) in [5, 5.41) is 3.22. The van der Waals surface area contributed by atoms with Crippen LogP contribution in [0.1, 0.15) is 36.4 Å². The van der Waals surface area contributed by atoms with Gasteiger partial charge in [-0.05, 0) is 38.8 Å². The average Bonchev–Trinajstić information content (AvgIpc) is 2.79. The van der Waals surface area contributed by atoms with Crippen LogP contribution in [0.15, 0.2) is 29.8 Å². The molecule has 1 aliphatic rings. The first-order valence-corrected chi connectivity index (χ1v) is 5.85. The summed E-state index contributed by atoms with van der Waals surface area (Å²) in [6, 6.07) is 5.66. The summed E-state index contributed by atoms with van der Waals surface area (Å²) in [7, 11) is 1.89. The summed E-state index contributed by atoms with van der Waals surface area (Å²) < 4.78 is 14.0. The van der Waals surface area contributed by atoms with Crippen molar-refractivity contribution in [2.75, 3.05) is 7.05 Å². The molecular formula is C14H18FN. The van der Waals surface area contributed by atoms with E-state index in [2.05, 4.69) is 11.4 Å². The number of benzene rings is 1. The first-order chi connectivity index (χ1) is 7.74. The first kappa shape index (κ1) is 11.3. The minimum absolute atomic E-state index is 0.0439. The van der Waals surface area contributed by atoms with Crippen LogP contribution in [-0.2, 0) is 0 Å². The highest BCUT2D eigenvalue weighted by molar-refractivity contribution is 5.34. The second-order valence-corrected chi connectivity index (χ2v) is 4.37. The topological polar surface area (TPSA) is 12.0 Å². The SMILES string of the molecule is CNC(C1=CCCC1)c1cccc(C)c1F. The van der Waals surface area contributed by atoms with Crippen molar-refractivity contribution in [2.45, 2.75) is 32.2 Å². The molecular weight excluding hydrogens is 201 g/mol. The lowest BCUT2D eigenvalue weighted by atomic mass is 9.96. The molecule has 0 aliphatic heterocycles. The van der Waals surface area contributed by atoms with Gasteiger partial charge in [0.15, 0.2) is 0 Å². The van der Waals surface area contributed by atoms with E-state index in [4.69, 9.17) is 0 Å². The Labute approximate surface area is 96.4 Å². The van der Waals surface area contributed by atoms with E-state index in [9.17, 15) is 4.39 Å². The van der Waals surface area contributed by atoms with Crippen molar-refractivity contribution in [3.63, 3.8) is 0 Å². The Morgan fingerprint density at radius 1 is 1.38 bits per heavy atom. The summed E-state index contributed by atoms with van der Waals surface area (Å²) in [6.45, 7) is 1.81. The molecule has 0 spiro atoms. The van der Waals surface area contributed by atoms with E-state index in [1.807, 2.05) is 32.2 Å². The highest BCUT2D eigenvalue weighted by atomic mass is 19.1. The van der Waals surface area contributed by atoms with Crippen LogP contribution in [0.2, 0.25) is 0 Å². The van der Waals surface area contributed by atoms with Crippen molar-refractivity contribution < 1.29 is 4.39 Å². The van der Waals surface area contributed by atoms with Gasteiger partial charge in [0, 0.05) is 5.56 Å². The predicted octanol–water partition coefficient (Wildman–Crippen LogP) is 3.50. The molecule has 1 unspecified atom stereocenters. The largest absolute Gasteiger partial charge is 0.310 e. The maximum atomic E-state index is 14.0. The Morgan fingerprint density at radius 3 is 2.81 bits per heavy atom. The molecule has 2 rings (SSSR count). The second kappa shape index (κ2) is 4.79. The average molecular weight is 219 g/mol. The molecule has 0 radical (unpaired) electrons. The molecule has 0 heterocycles. The number of hydrogen-bond donors (Lipinski definition) is 1. The van der Waals surface area contributed by atoms with Crippen LogP contribution in [0, 0.1) is 12.7 Å². The lowest BCUT2D eigenvalue weighted by Crippen LogP contribution is -2.19. The maximum Gasteiger partial charge on any atom is 0.131 e. The van der Waals surface area contributed by atoms with Gasteiger partial charge >= 0.3 is 0 Å². The monoisotopic (exact) mass is 219 g/mol. The number of hydrogen-bond acceptors (Lipinski definition) is 1. The fourth-order valence-corrected chi connectivity index (χ4v) is 2.39. The molecule has 0 saturated heterocycles. The van der Waals surface area contributed by atoms with E-state index >= 15 is 0 Å². The van der Waals surface area contributed by atoms with Crippen LogP contribution in [0.5, 0.6) is 0 Å². The summed E-state index contributed by atoms with van der Waals surface area (Å²) in [5.74, 6) is -0.0744. The van der Waals surface area contributed by atoms with Crippen LogP contribution in [0.3, 0.4) is 0 Å². The zero-order valence-corrected chi connectivity index (χ0v) is 9.89. The molecule has 1 aromatic carbocycles. The van der Waals surface area contributed by atoms with Crippen molar-refractivity contribution in [1.29, 1.82) is 0 Å². The molecule has 0 bridgehead atoms. The van der Waals surface area contributed by atoms with Gasteiger partial charge in [0.2, 0.25) is 0 Å². The van der Waals surface area contributed by atoms with Crippen molar-refractivity contribution in [3.8, 4) is 0 Å². The van der Waals surface area contributed by atoms with Crippen LogP contribution in [0.4, 0.5) is 4.39 Å². The van der Waals surface area contributed by atoms with E-state index < -0.39 is 0 Å². The van der Waals surface area contributed by atoms with Gasteiger partial charge in [0.05, 0.1) is 6.04 Å².